The first kappa shape index (κ1) is 20.7. The average Bonchev–Trinajstić information content (AvgIpc) is 2.78. The number of hydrogen-bond donors (Lipinski definition) is 2. The van der Waals surface area contributed by atoms with Crippen molar-refractivity contribution in [3.05, 3.63) is 10.6 Å². The summed E-state index contributed by atoms with van der Waals surface area (Å²) >= 11 is 1.10. The highest BCUT2D eigenvalue weighted by Crippen LogP contribution is 2.50. The van der Waals surface area contributed by atoms with Gasteiger partial charge < -0.3 is 30.5 Å². The molecule has 0 saturated carbocycles. The lowest BCUT2D eigenvalue weighted by atomic mass is 9.92. The second kappa shape index (κ2) is 8.18. The molecule has 12 heteroatoms. The van der Waals surface area contributed by atoms with Gasteiger partial charge in [0.2, 0.25) is 12.7 Å². The van der Waals surface area contributed by atoms with Crippen molar-refractivity contribution < 1.29 is 44.0 Å². The van der Waals surface area contributed by atoms with Gasteiger partial charge in [0.05, 0.1) is 16.9 Å². The summed E-state index contributed by atoms with van der Waals surface area (Å²) in [4.78, 5) is 47.2. The Balaban J connectivity index is 0.00000312. The second-order valence-electron chi connectivity index (χ2n) is 5.05. The van der Waals surface area contributed by atoms with E-state index in [0.717, 1.165) is 23.6 Å². The van der Waals surface area contributed by atoms with E-state index in [0.29, 0.717) is 0 Å². The molecule has 0 aromatic carbocycles. The predicted octanol–water partition coefficient (Wildman–Crippen LogP) is -1.56. The molecule has 5 N–H and O–H groups in total. The van der Waals surface area contributed by atoms with E-state index >= 15 is 0 Å². The monoisotopic (exact) mass is 378 g/mol. The van der Waals surface area contributed by atoms with E-state index in [2.05, 4.69) is 9.47 Å². The molecule has 1 saturated heterocycles. The number of carbonyl (C=O) groups excluding carboxylic acids is 4. The number of aliphatic hydroxyl groups excluding tert-OH is 1. The highest BCUT2D eigenvalue weighted by molar-refractivity contribution is 8.04. The van der Waals surface area contributed by atoms with E-state index in [1.807, 2.05) is 0 Å². The topological polar surface area (TPSA) is 177 Å². The van der Waals surface area contributed by atoms with Crippen molar-refractivity contribution in [3.8, 4) is 0 Å². The van der Waals surface area contributed by atoms with Gasteiger partial charge in [-0.05, 0) is 6.92 Å². The van der Waals surface area contributed by atoms with Gasteiger partial charge in [0.25, 0.3) is 0 Å². The molecule has 0 bridgehead atoms. The lowest BCUT2D eigenvalue weighted by molar-refractivity contribution is -0.168. The molecule has 11 nitrogen and oxygen atoms in total. The highest BCUT2D eigenvalue weighted by atomic mass is 32.2. The number of hydrogen-bond acceptors (Lipinski definition) is 9. The molecule has 0 spiro atoms. The van der Waals surface area contributed by atoms with Crippen LogP contribution in [-0.4, -0.2) is 64.3 Å². The van der Waals surface area contributed by atoms with Crippen LogP contribution in [0, 0.1) is 5.92 Å². The minimum absolute atomic E-state index is 0. The van der Waals surface area contributed by atoms with Gasteiger partial charge in [-0.2, -0.15) is 0 Å². The standard InChI is InChI=1S/C13H16N2O8S.H2O/c1-5(16)8-10(18)15-9(12(19)23-4-22-6(2)17)7(24-11(8)15)3-21-13(14)20;/h5,8,11,16H,3-4H2,1-2H3,(H2,14,20);1H2/t5-,8+,11-;/m1./s1. The van der Waals surface area contributed by atoms with Crippen molar-refractivity contribution in [2.45, 2.75) is 25.3 Å². The van der Waals surface area contributed by atoms with E-state index in [-0.39, 0.29) is 22.7 Å². The largest absolute Gasteiger partial charge is 0.444 e. The number of β-lactam (4-membered cyclic amide) rings is 1. The average molecular weight is 378 g/mol. The van der Waals surface area contributed by atoms with Crippen molar-refractivity contribution in [2.24, 2.45) is 11.7 Å². The van der Waals surface area contributed by atoms with Crippen LogP contribution in [0.25, 0.3) is 0 Å². The van der Waals surface area contributed by atoms with Crippen LogP contribution in [0.3, 0.4) is 0 Å². The van der Waals surface area contributed by atoms with Gasteiger partial charge in [-0.1, -0.05) is 11.8 Å². The zero-order valence-electron chi connectivity index (χ0n) is 13.4. The maximum atomic E-state index is 12.2. The fourth-order valence-corrected chi connectivity index (χ4v) is 3.83. The molecule has 0 unspecified atom stereocenters. The summed E-state index contributed by atoms with van der Waals surface area (Å²) in [5, 5.41) is 9.16. The van der Waals surface area contributed by atoms with Gasteiger partial charge in [-0.3, -0.25) is 14.5 Å². The number of nitrogens with zero attached hydrogens (tertiary/aromatic N) is 1. The number of thioether (sulfide) groups is 1. The number of nitrogens with two attached hydrogens (primary N) is 1. The van der Waals surface area contributed by atoms with E-state index < -0.39 is 48.1 Å². The summed E-state index contributed by atoms with van der Waals surface area (Å²) in [6, 6.07) is 0. The summed E-state index contributed by atoms with van der Waals surface area (Å²) in [6.45, 7) is 1.69. The minimum Gasteiger partial charge on any atom is -0.444 e. The molecular formula is C13H18N2O9S. The fraction of sp³-hybridized carbons (Fsp3) is 0.538. The summed E-state index contributed by atoms with van der Waals surface area (Å²) in [6.07, 6.45) is -1.94. The van der Waals surface area contributed by atoms with Crippen LogP contribution >= 0.6 is 11.8 Å². The molecule has 1 fully saturated rings. The van der Waals surface area contributed by atoms with Gasteiger partial charge in [0, 0.05) is 6.92 Å². The molecule has 3 atom stereocenters. The quantitative estimate of drug-likeness (QED) is 0.314. The van der Waals surface area contributed by atoms with Gasteiger partial charge in [-0.15, -0.1) is 0 Å². The molecule has 2 amide bonds. The normalized spacial score (nSPS) is 22.4. The van der Waals surface area contributed by atoms with Crippen LogP contribution in [0.1, 0.15) is 13.8 Å². The molecule has 2 heterocycles. The third-order valence-electron chi connectivity index (χ3n) is 3.36. The number of primary amides is 1. The smallest absolute Gasteiger partial charge is 0.404 e. The highest BCUT2D eigenvalue weighted by Gasteiger charge is 2.57. The fourth-order valence-electron chi connectivity index (χ4n) is 2.32. The van der Waals surface area contributed by atoms with E-state index in [4.69, 9.17) is 10.5 Å². The van der Waals surface area contributed by atoms with E-state index in [1.54, 1.807) is 0 Å². The molecular weight excluding hydrogens is 360 g/mol. The van der Waals surface area contributed by atoms with Crippen molar-refractivity contribution in [1.82, 2.24) is 4.90 Å². The number of ether oxygens (including phenoxy) is 3. The summed E-state index contributed by atoms with van der Waals surface area (Å²) in [7, 11) is 0. The van der Waals surface area contributed by atoms with Crippen molar-refractivity contribution in [3.63, 3.8) is 0 Å². The van der Waals surface area contributed by atoms with Crippen LogP contribution in [-0.2, 0) is 28.6 Å². The first-order valence-corrected chi connectivity index (χ1v) is 7.75. The summed E-state index contributed by atoms with van der Waals surface area (Å²) in [5.41, 5.74) is 4.80. The number of esters is 2. The molecule has 25 heavy (non-hydrogen) atoms. The maximum Gasteiger partial charge on any atom is 0.404 e. The van der Waals surface area contributed by atoms with Gasteiger partial charge in [0.1, 0.15) is 17.7 Å². The Bertz CT molecular complexity index is 619. The molecule has 2 aliphatic heterocycles. The number of rotatable bonds is 6. The first-order chi connectivity index (χ1) is 11.2. The van der Waals surface area contributed by atoms with Crippen LogP contribution in [0.4, 0.5) is 4.79 Å². The van der Waals surface area contributed by atoms with Crippen LogP contribution in [0.5, 0.6) is 0 Å². The zero-order chi connectivity index (χ0) is 18.0. The van der Waals surface area contributed by atoms with Crippen molar-refractivity contribution in [1.29, 1.82) is 0 Å². The Kier molecular flexibility index (Phi) is 6.78. The Morgan fingerprint density at radius 1 is 1.32 bits per heavy atom. The zero-order valence-corrected chi connectivity index (χ0v) is 14.2. The Morgan fingerprint density at radius 2 is 1.96 bits per heavy atom. The number of amides is 2. The molecule has 2 rings (SSSR count). The molecule has 0 radical (unpaired) electrons. The Hall–Kier alpha value is -2.31. The predicted molar refractivity (Wildman–Crippen MR) is 82.3 cm³/mol. The molecule has 140 valence electrons. The third-order valence-corrected chi connectivity index (χ3v) is 4.70. The summed E-state index contributed by atoms with van der Waals surface area (Å²) < 4.78 is 14.0. The van der Waals surface area contributed by atoms with Crippen molar-refractivity contribution >= 4 is 35.7 Å². The summed E-state index contributed by atoms with van der Waals surface area (Å²) in [5.74, 6) is -2.68. The number of carbonyl (C=O) groups is 4. The SMILES string of the molecule is CC(=O)OCOC(=O)C1=C(COC(N)=O)S[C@@H]2[C@@H]([C@@H](C)O)C(=O)N12.O. The van der Waals surface area contributed by atoms with Gasteiger partial charge in [0.15, 0.2) is 0 Å². The van der Waals surface area contributed by atoms with Crippen molar-refractivity contribution in [2.75, 3.05) is 13.4 Å². The Labute approximate surface area is 146 Å². The number of aliphatic hydroxyl groups is 1. The number of fused-ring (bicyclic) bond motifs is 1. The van der Waals surface area contributed by atoms with E-state index in [1.165, 1.54) is 6.92 Å². The molecule has 2 aliphatic rings. The Morgan fingerprint density at radius 3 is 2.48 bits per heavy atom. The van der Waals surface area contributed by atoms with Crippen LogP contribution in [0.2, 0.25) is 0 Å². The molecule has 0 aliphatic carbocycles. The van der Waals surface area contributed by atoms with Crippen LogP contribution < -0.4 is 5.73 Å². The molecule has 0 aromatic heterocycles. The third kappa shape index (κ3) is 4.21. The minimum atomic E-state index is -1.04. The molecule has 0 aromatic rings. The lowest BCUT2D eigenvalue weighted by Crippen LogP contribution is -2.60. The van der Waals surface area contributed by atoms with Gasteiger partial charge >= 0.3 is 18.0 Å². The maximum absolute atomic E-state index is 12.2. The first-order valence-electron chi connectivity index (χ1n) is 6.87. The second-order valence-corrected chi connectivity index (χ2v) is 6.26. The van der Waals surface area contributed by atoms with Crippen LogP contribution in [0.15, 0.2) is 10.6 Å². The lowest BCUT2D eigenvalue weighted by Gasteiger charge is -2.43. The van der Waals surface area contributed by atoms with Gasteiger partial charge in [-0.25, -0.2) is 9.59 Å². The van der Waals surface area contributed by atoms with E-state index in [9.17, 15) is 24.3 Å².